The van der Waals surface area contributed by atoms with Crippen LogP contribution in [0, 0.1) is 0 Å². The van der Waals surface area contributed by atoms with Crippen LogP contribution in [0.3, 0.4) is 0 Å². The predicted octanol–water partition coefficient (Wildman–Crippen LogP) is 0.901. The van der Waals surface area contributed by atoms with E-state index in [2.05, 4.69) is 10.6 Å². The van der Waals surface area contributed by atoms with Gasteiger partial charge in [-0.1, -0.05) is 0 Å². The molecule has 0 aliphatic rings. The van der Waals surface area contributed by atoms with Gasteiger partial charge in [-0.2, -0.15) is 0 Å². The Balaban J connectivity index is 2.48. The number of hydrogen-bond acceptors (Lipinski definition) is 6. The van der Waals surface area contributed by atoms with Gasteiger partial charge in [0.1, 0.15) is 11.5 Å². The summed E-state index contributed by atoms with van der Waals surface area (Å²) in [6, 6.07) is 5.12. The van der Waals surface area contributed by atoms with Crippen molar-refractivity contribution in [1.29, 1.82) is 0 Å². The van der Waals surface area contributed by atoms with Gasteiger partial charge in [0.05, 0.1) is 20.8 Å². The van der Waals surface area contributed by atoms with E-state index >= 15 is 0 Å². The van der Waals surface area contributed by atoms with Gasteiger partial charge in [0.25, 0.3) is 5.91 Å². The SMILES string of the molecule is COc1ccc(OC)c(/C=C/C(=O)OCC(=O)NCC(=O)NC(C)C)c1. The largest absolute Gasteiger partial charge is 0.497 e. The van der Waals surface area contributed by atoms with Crippen LogP contribution in [-0.2, 0) is 19.1 Å². The third-order valence-corrected chi connectivity index (χ3v) is 3.08. The van der Waals surface area contributed by atoms with Crippen molar-refractivity contribution in [3.05, 3.63) is 29.8 Å². The van der Waals surface area contributed by atoms with E-state index in [1.165, 1.54) is 26.4 Å². The molecule has 142 valence electrons. The van der Waals surface area contributed by atoms with Gasteiger partial charge in [-0.15, -0.1) is 0 Å². The molecule has 26 heavy (non-hydrogen) atoms. The second-order valence-electron chi connectivity index (χ2n) is 5.55. The molecule has 8 heteroatoms. The van der Waals surface area contributed by atoms with Crippen LogP contribution in [-0.4, -0.2) is 51.2 Å². The molecule has 0 heterocycles. The molecule has 0 aliphatic heterocycles. The second kappa shape index (κ2) is 10.8. The van der Waals surface area contributed by atoms with Crippen LogP contribution in [0.4, 0.5) is 0 Å². The van der Waals surface area contributed by atoms with Gasteiger partial charge < -0.3 is 24.8 Å². The second-order valence-corrected chi connectivity index (χ2v) is 5.55. The van der Waals surface area contributed by atoms with Crippen molar-refractivity contribution in [3.63, 3.8) is 0 Å². The molecule has 0 saturated heterocycles. The number of carbonyl (C=O) groups excluding carboxylic acids is 3. The number of rotatable bonds is 9. The lowest BCUT2D eigenvalue weighted by Crippen LogP contribution is -2.41. The highest BCUT2D eigenvalue weighted by molar-refractivity contribution is 5.90. The van der Waals surface area contributed by atoms with Gasteiger partial charge >= 0.3 is 5.97 Å². The van der Waals surface area contributed by atoms with E-state index < -0.39 is 18.5 Å². The fraction of sp³-hybridized carbons (Fsp3) is 0.389. The Morgan fingerprint density at radius 1 is 1.12 bits per heavy atom. The molecule has 0 atom stereocenters. The third-order valence-electron chi connectivity index (χ3n) is 3.08. The summed E-state index contributed by atoms with van der Waals surface area (Å²) in [6.07, 6.45) is 2.67. The van der Waals surface area contributed by atoms with Crippen LogP contribution in [0.5, 0.6) is 11.5 Å². The minimum atomic E-state index is -0.698. The minimum Gasteiger partial charge on any atom is -0.497 e. The molecule has 0 unspecified atom stereocenters. The molecule has 0 bridgehead atoms. The van der Waals surface area contributed by atoms with E-state index in [0.29, 0.717) is 17.1 Å². The third kappa shape index (κ3) is 7.69. The van der Waals surface area contributed by atoms with Gasteiger partial charge in [0.15, 0.2) is 6.61 Å². The Morgan fingerprint density at radius 2 is 1.85 bits per heavy atom. The molecule has 8 nitrogen and oxygen atoms in total. The number of ether oxygens (including phenoxy) is 3. The van der Waals surface area contributed by atoms with Gasteiger partial charge in [-0.25, -0.2) is 4.79 Å². The molecular weight excluding hydrogens is 340 g/mol. The molecule has 0 spiro atoms. The maximum Gasteiger partial charge on any atom is 0.331 e. The number of methoxy groups -OCH3 is 2. The summed E-state index contributed by atoms with van der Waals surface area (Å²) in [5.41, 5.74) is 0.624. The maximum absolute atomic E-state index is 11.7. The van der Waals surface area contributed by atoms with Gasteiger partial charge in [-0.3, -0.25) is 9.59 Å². The molecule has 0 aliphatic carbocycles. The number of hydrogen-bond donors (Lipinski definition) is 2. The summed E-state index contributed by atoms with van der Waals surface area (Å²) >= 11 is 0. The van der Waals surface area contributed by atoms with Crippen LogP contribution >= 0.6 is 0 Å². The molecule has 1 rings (SSSR count). The summed E-state index contributed by atoms with van der Waals surface area (Å²) in [4.78, 5) is 34.7. The lowest BCUT2D eigenvalue weighted by Gasteiger charge is -2.09. The minimum absolute atomic E-state index is 0.0176. The standard InChI is InChI=1S/C18H24N2O6/c1-12(2)20-16(21)10-19-17(22)11-26-18(23)8-5-13-9-14(24-3)6-7-15(13)25-4/h5-9,12H,10-11H2,1-4H3,(H,19,22)(H,20,21)/b8-5+. The monoisotopic (exact) mass is 364 g/mol. The van der Waals surface area contributed by atoms with Crippen molar-refractivity contribution >= 4 is 23.9 Å². The van der Waals surface area contributed by atoms with Gasteiger partial charge in [0.2, 0.25) is 5.91 Å². The normalized spacial score (nSPS) is 10.5. The van der Waals surface area contributed by atoms with Crippen LogP contribution in [0.2, 0.25) is 0 Å². The lowest BCUT2D eigenvalue weighted by atomic mass is 10.1. The average Bonchev–Trinajstić information content (AvgIpc) is 2.62. The molecular formula is C18H24N2O6. The van der Waals surface area contributed by atoms with E-state index in [1.807, 2.05) is 13.8 Å². The van der Waals surface area contributed by atoms with Gasteiger partial charge in [0, 0.05) is 17.7 Å². The fourth-order valence-corrected chi connectivity index (χ4v) is 1.92. The zero-order chi connectivity index (χ0) is 19.5. The van der Waals surface area contributed by atoms with Crippen molar-refractivity contribution < 1.29 is 28.6 Å². The van der Waals surface area contributed by atoms with Crippen LogP contribution in [0.15, 0.2) is 24.3 Å². The number of benzene rings is 1. The van der Waals surface area contributed by atoms with Gasteiger partial charge in [-0.05, 0) is 38.1 Å². The highest BCUT2D eigenvalue weighted by atomic mass is 16.5. The summed E-state index contributed by atoms with van der Waals surface area (Å²) in [5, 5.41) is 4.99. The summed E-state index contributed by atoms with van der Waals surface area (Å²) < 4.78 is 15.1. The first-order chi connectivity index (χ1) is 12.3. The zero-order valence-corrected chi connectivity index (χ0v) is 15.3. The fourth-order valence-electron chi connectivity index (χ4n) is 1.92. The Hall–Kier alpha value is -3.03. The maximum atomic E-state index is 11.7. The lowest BCUT2D eigenvalue weighted by molar-refractivity contribution is -0.143. The van der Waals surface area contributed by atoms with Crippen molar-refractivity contribution in [2.75, 3.05) is 27.4 Å². The molecule has 0 fully saturated rings. The van der Waals surface area contributed by atoms with Crippen LogP contribution < -0.4 is 20.1 Å². The van der Waals surface area contributed by atoms with E-state index in [4.69, 9.17) is 14.2 Å². The first-order valence-corrected chi connectivity index (χ1v) is 7.98. The zero-order valence-electron chi connectivity index (χ0n) is 15.3. The Morgan fingerprint density at radius 3 is 2.46 bits per heavy atom. The molecule has 1 aromatic carbocycles. The van der Waals surface area contributed by atoms with Crippen molar-refractivity contribution in [2.24, 2.45) is 0 Å². The number of nitrogens with one attached hydrogen (secondary N) is 2. The first kappa shape index (κ1) is 21.0. The Bertz CT molecular complexity index is 670. The summed E-state index contributed by atoms with van der Waals surface area (Å²) in [7, 11) is 3.04. The first-order valence-electron chi connectivity index (χ1n) is 7.98. The van der Waals surface area contributed by atoms with Crippen molar-refractivity contribution in [2.45, 2.75) is 19.9 Å². The molecule has 2 amide bonds. The Labute approximate surface area is 152 Å². The number of carbonyl (C=O) groups is 3. The summed E-state index contributed by atoms with van der Waals surface area (Å²) in [5.74, 6) is -0.410. The molecule has 0 radical (unpaired) electrons. The van der Waals surface area contributed by atoms with E-state index in [0.717, 1.165) is 0 Å². The van der Waals surface area contributed by atoms with Crippen LogP contribution in [0.1, 0.15) is 19.4 Å². The summed E-state index contributed by atoms with van der Waals surface area (Å²) in [6.45, 7) is 2.97. The molecule has 1 aromatic rings. The highest BCUT2D eigenvalue weighted by Crippen LogP contribution is 2.25. The average molecular weight is 364 g/mol. The number of esters is 1. The van der Waals surface area contributed by atoms with Crippen LogP contribution in [0.25, 0.3) is 6.08 Å². The highest BCUT2D eigenvalue weighted by Gasteiger charge is 2.09. The predicted molar refractivity (Wildman–Crippen MR) is 95.8 cm³/mol. The number of amides is 2. The topological polar surface area (TPSA) is 103 Å². The van der Waals surface area contributed by atoms with E-state index in [-0.39, 0.29) is 18.5 Å². The van der Waals surface area contributed by atoms with Crippen molar-refractivity contribution in [3.8, 4) is 11.5 Å². The van der Waals surface area contributed by atoms with E-state index in [9.17, 15) is 14.4 Å². The smallest absolute Gasteiger partial charge is 0.331 e. The van der Waals surface area contributed by atoms with E-state index in [1.54, 1.807) is 18.2 Å². The molecule has 0 saturated carbocycles. The van der Waals surface area contributed by atoms with Crippen molar-refractivity contribution in [1.82, 2.24) is 10.6 Å². The molecule has 0 aromatic heterocycles. The Kier molecular flexibility index (Phi) is 8.69. The molecule has 2 N–H and O–H groups in total. The quantitative estimate of drug-likeness (QED) is 0.499.